The monoisotopic (exact) mass is 657 g/mol. The molecule has 6 nitrogen and oxygen atoms in total. The van der Waals surface area contributed by atoms with Crippen molar-refractivity contribution in [3.05, 3.63) is 81.9 Å². The Bertz CT molecular complexity index is 1280. The number of hydrogen-bond acceptors (Lipinski definition) is 4. The fourth-order valence-electron chi connectivity index (χ4n) is 5.56. The zero-order chi connectivity index (χ0) is 30.2. The molecule has 0 aliphatic rings. The summed E-state index contributed by atoms with van der Waals surface area (Å²) in [7, 11) is 9.48. The predicted octanol–water partition coefficient (Wildman–Crippen LogP) is 4.21. The largest absolute Gasteiger partial charge is 1.00 e. The molecule has 8 heteroatoms. The highest BCUT2D eigenvalue weighted by Gasteiger charge is 2.19. The van der Waals surface area contributed by atoms with Crippen LogP contribution in [0, 0.1) is 27.7 Å². The van der Waals surface area contributed by atoms with E-state index in [0.717, 1.165) is 49.2 Å². The lowest BCUT2D eigenvalue weighted by atomic mass is 10.1. The van der Waals surface area contributed by atoms with E-state index >= 15 is 0 Å². The summed E-state index contributed by atoms with van der Waals surface area (Å²) >= 11 is 5.97. The van der Waals surface area contributed by atoms with Gasteiger partial charge in [0.25, 0.3) is 0 Å². The van der Waals surface area contributed by atoms with Gasteiger partial charge < -0.3 is 45.9 Å². The van der Waals surface area contributed by atoms with Crippen molar-refractivity contribution in [1.82, 2.24) is 4.90 Å². The summed E-state index contributed by atoms with van der Waals surface area (Å²) < 4.78 is 17.5. The van der Waals surface area contributed by atoms with Crippen LogP contribution in [0.2, 0.25) is 0 Å². The number of methoxy groups -OCH3 is 3. The molecule has 3 aromatic carbocycles. The fraction of sp³-hybridized carbons (Fsp3) is 0.441. The van der Waals surface area contributed by atoms with Crippen molar-refractivity contribution in [2.24, 2.45) is 0 Å². The minimum absolute atomic E-state index is 0. The Hall–Kier alpha value is -2.81. The summed E-state index contributed by atoms with van der Waals surface area (Å²) in [4.78, 5) is 2.26. The van der Waals surface area contributed by atoms with E-state index in [1.165, 1.54) is 33.4 Å². The molecule has 0 heterocycles. The van der Waals surface area contributed by atoms with Crippen LogP contribution in [-0.4, -0.2) is 63.0 Å². The van der Waals surface area contributed by atoms with E-state index in [9.17, 15) is 0 Å². The van der Waals surface area contributed by atoms with Gasteiger partial charge in [-0.05, 0) is 58.3 Å². The van der Waals surface area contributed by atoms with Crippen LogP contribution in [0.25, 0.3) is 0 Å². The SMILES string of the molecule is COc1cc(NC(=S)N(CCCC[N+](C)(C)Cc2cc(C)cc(C)c2)Cc2cc(C)cc(C)c2)cc(OC)c1OC.[Br-]. The van der Waals surface area contributed by atoms with Gasteiger partial charge in [-0.1, -0.05) is 58.7 Å². The average Bonchev–Trinajstić information content (AvgIpc) is 2.88. The van der Waals surface area contributed by atoms with E-state index in [1.807, 2.05) is 12.1 Å². The Morgan fingerprint density at radius 1 is 0.738 bits per heavy atom. The molecule has 0 saturated heterocycles. The summed E-state index contributed by atoms with van der Waals surface area (Å²) in [6.07, 6.45) is 2.14. The standard InChI is InChI=1S/C34H47N3O3S.BrH/c1-24-14-25(2)17-28(16-24)22-36(34(41)35-30-20-31(38-7)33(40-9)32(21-30)39-8)12-10-11-13-37(5,6)23-29-18-26(3)15-27(4)19-29;/h14-21H,10-13,22-23H2,1-9H3;1H. The molecule has 0 spiro atoms. The molecule has 0 aliphatic heterocycles. The number of unbranched alkanes of at least 4 members (excludes halogenated alkanes) is 1. The van der Waals surface area contributed by atoms with Crippen LogP contribution in [0.4, 0.5) is 5.69 Å². The molecule has 3 rings (SSSR count). The number of hydrogen-bond donors (Lipinski definition) is 1. The van der Waals surface area contributed by atoms with Gasteiger partial charge in [0, 0.05) is 36.5 Å². The second kappa shape index (κ2) is 16.1. The number of rotatable bonds is 13. The molecule has 230 valence electrons. The first-order valence-corrected chi connectivity index (χ1v) is 14.7. The minimum Gasteiger partial charge on any atom is -1.00 e. The molecule has 0 saturated carbocycles. The highest BCUT2D eigenvalue weighted by molar-refractivity contribution is 7.80. The summed E-state index contributed by atoms with van der Waals surface area (Å²) in [6.45, 7) is 12.3. The van der Waals surface area contributed by atoms with Crippen LogP contribution >= 0.6 is 12.2 Å². The number of quaternary nitrogens is 1. The second-order valence-corrected chi connectivity index (χ2v) is 12.2. The van der Waals surface area contributed by atoms with E-state index < -0.39 is 0 Å². The molecule has 0 bridgehead atoms. The molecule has 0 unspecified atom stereocenters. The predicted molar refractivity (Wildman–Crippen MR) is 174 cm³/mol. The molecule has 0 aliphatic carbocycles. The third-order valence-electron chi connectivity index (χ3n) is 7.19. The molecule has 0 atom stereocenters. The quantitative estimate of drug-likeness (QED) is 0.169. The molecule has 42 heavy (non-hydrogen) atoms. The van der Waals surface area contributed by atoms with Crippen molar-refractivity contribution in [2.45, 2.75) is 53.6 Å². The van der Waals surface area contributed by atoms with Crippen LogP contribution in [0.3, 0.4) is 0 Å². The van der Waals surface area contributed by atoms with Crippen molar-refractivity contribution in [3.8, 4) is 17.2 Å². The third-order valence-corrected chi connectivity index (χ3v) is 7.55. The maximum absolute atomic E-state index is 5.97. The zero-order valence-corrected chi connectivity index (χ0v) is 29.2. The highest BCUT2D eigenvalue weighted by atomic mass is 79.9. The van der Waals surface area contributed by atoms with Crippen LogP contribution in [0.1, 0.15) is 46.2 Å². The van der Waals surface area contributed by atoms with Gasteiger partial charge in [0.1, 0.15) is 6.54 Å². The Kier molecular flexibility index (Phi) is 13.6. The minimum atomic E-state index is 0. The van der Waals surface area contributed by atoms with Crippen LogP contribution < -0.4 is 36.5 Å². The van der Waals surface area contributed by atoms with Crippen molar-refractivity contribution < 1.29 is 35.7 Å². The summed E-state index contributed by atoms with van der Waals surface area (Å²) in [5.74, 6) is 1.73. The topological polar surface area (TPSA) is 43.0 Å². The Labute approximate surface area is 269 Å². The van der Waals surface area contributed by atoms with E-state index in [0.29, 0.717) is 22.4 Å². The van der Waals surface area contributed by atoms with E-state index in [4.69, 9.17) is 26.4 Å². The first kappa shape index (κ1) is 35.4. The van der Waals surface area contributed by atoms with Gasteiger partial charge >= 0.3 is 0 Å². The highest BCUT2D eigenvalue weighted by Crippen LogP contribution is 2.40. The Balaban J connectivity index is 0.00000616. The zero-order valence-electron chi connectivity index (χ0n) is 26.8. The third kappa shape index (κ3) is 10.5. The maximum atomic E-state index is 5.97. The van der Waals surface area contributed by atoms with Crippen LogP contribution in [0.15, 0.2) is 48.5 Å². The molecule has 1 N–H and O–H groups in total. The number of ether oxygens (including phenoxy) is 3. The van der Waals surface area contributed by atoms with E-state index in [-0.39, 0.29) is 17.0 Å². The summed E-state index contributed by atoms with van der Waals surface area (Å²) in [5.41, 5.74) is 8.62. The van der Waals surface area contributed by atoms with Crippen molar-refractivity contribution in [2.75, 3.05) is 53.8 Å². The van der Waals surface area contributed by atoms with E-state index in [1.54, 1.807) is 21.3 Å². The first-order chi connectivity index (χ1) is 19.4. The number of anilines is 1. The molecule has 0 fully saturated rings. The molecule has 0 aromatic heterocycles. The Morgan fingerprint density at radius 2 is 1.24 bits per heavy atom. The average molecular weight is 659 g/mol. The smallest absolute Gasteiger partial charge is 0.203 e. The number of nitrogens with zero attached hydrogens (tertiary/aromatic N) is 2. The molecule has 0 amide bonds. The molecule has 0 radical (unpaired) electrons. The Morgan fingerprint density at radius 3 is 1.71 bits per heavy atom. The van der Waals surface area contributed by atoms with Crippen LogP contribution in [0.5, 0.6) is 17.2 Å². The van der Waals surface area contributed by atoms with Gasteiger partial charge in [-0.3, -0.25) is 0 Å². The summed E-state index contributed by atoms with van der Waals surface area (Å²) in [6, 6.07) is 17.3. The lowest BCUT2D eigenvalue weighted by Gasteiger charge is -2.31. The number of aryl methyl sites for hydroxylation is 4. The van der Waals surface area contributed by atoms with Crippen LogP contribution in [-0.2, 0) is 13.1 Å². The van der Waals surface area contributed by atoms with Gasteiger partial charge in [-0.15, -0.1) is 0 Å². The number of nitrogens with one attached hydrogen (secondary N) is 1. The van der Waals surface area contributed by atoms with Gasteiger partial charge in [0.2, 0.25) is 5.75 Å². The van der Waals surface area contributed by atoms with Gasteiger partial charge in [-0.2, -0.15) is 0 Å². The van der Waals surface area contributed by atoms with E-state index in [2.05, 4.69) is 88.4 Å². The number of benzene rings is 3. The lowest BCUT2D eigenvalue weighted by molar-refractivity contribution is -0.903. The molecular formula is C34H48BrN3O3S. The normalized spacial score (nSPS) is 11.0. The van der Waals surface area contributed by atoms with Gasteiger partial charge in [0.15, 0.2) is 16.6 Å². The van der Waals surface area contributed by atoms with Gasteiger partial charge in [0.05, 0.1) is 42.0 Å². The lowest BCUT2D eigenvalue weighted by Crippen LogP contribution is -3.00. The molecular weight excluding hydrogens is 610 g/mol. The second-order valence-electron chi connectivity index (χ2n) is 11.8. The van der Waals surface area contributed by atoms with Crippen molar-refractivity contribution >= 4 is 23.0 Å². The van der Waals surface area contributed by atoms with Crippen molar-refractivity contribution in [3.63, 3.8) is 0 Å². The number of halogens is 1. The number of thiocarbonyl (C=S) groups is 1. The van der Waals surface area contributed by atoms with Crippen molar-refractivity contribution in [1.29, 1.82) is 0 Å². The fourth-order valence-corrected chi connectivity index (χ4v) is 5.84. The van der Waals surface area contributed by atoms with Gasteiger partial charge in [-0.25, -0.2) is 0 Å². The summed E-state index contributed by atoms with van der Waals surface area (Å²) in [5, 5.41) is 4.10. The maximum Gasteiger partial charge on any atom is 0.203 e. The molecule has 3 aromatic rings. The first-order valence-electron chi connectivity index (χ1n) is 14.3.